The van der Waals surface area contributed by atoms with E-state index in [4.69, 9.17) is 0 Å². The molecule has 0 saturated heterocycles. The Labute approximate surface area is 80.2 Å². The molecule has 1 aromatic rings. The quantitative estimate of drug-likeness (QED) is 0.744. The fraction of sp³-hybridized carbons (Fsp3) is 0.500. The summed E-state index contributed by atoms with van der Waals surface area (Å²) in [6.45, 7) is 3.31. The third-order valence-electron chi connectivity index (χ3n) is 2.82. The molecule has 0 radical (unpaired) electrons. The van der Waals surface area contributed by atoms with Crippen LogP contribution in [0.25, 0.3) is 0 Å². The molecular formula is C12H17N. The van der Waals surface area contributed by atoms with Gasteiger partial charge in [0.2, 0.25) is 0 Å². The summed E-state index contributed by atoms with van der Waals surface area (Å²) in [5.41, 5.74) is 3.01. The van der Waals surface area contributed by atoms with Gasteiger partial charge in [0.05, 0.1) is 0 Å². The number of benzene rings is 1. The van der Waals surface area contributed by atoms with Crippen molar-refractivity contribution in [2.45, 2.75) is 38.8 Å². The molecule has 1 aliphatic heterocycles. The first kappa shape index (κ1) is 8.76. The van der Waals surface area contributed by atoms with Gasteiger partial charge in [-0.25, -0.2) is 0 Å². The molecule has 1 atom stereocenters. The first-order valence-electron chi connectivity index (χ1n) is 5.23. The summed E-state index contributed by atoms with van der Waals surface area (Å²) in [6.07, 6.45) is 3.90. The van der Waals surface area contributed by atoms with Gasteiger partial charge in [0.1, 0.15) is 0 Å². The SMILES string of the molecule is CCCCC1NCc2ccccc21. The van der Waals surface area contributed by atoms with Crippen LogP contribution in [0.15, 0.2) is 24.3 Å². The minimum atomic E-state index is 0.621. The van der Waals surface area contributed by atoms with Crippen molar-refractivity contribution in [2.24, 2.45) is 0 Å². The largest absolute Gasteiger partial charge is 0.306 e. The molecule has 2 rings (SSSR count). The molecule has 0 amide bonds. The number of hydrogen-bond acceptors (Lipinski definition) is 1. The van der Waals surface area contributed by atoms with E-state index >= 15 is 0 Å². The number of unbranched alkanes of at least 4 members (excludes halogenated alkanes) is 1. The van der Waals surface area contributed by atoms with Gasteiger partial charge in [-0.3, -0.25) is 0 Å². The molecule has 1 unspecified atom stereocenters. The lowest BCUT2D eigenvalue weighted by atomic mass is 10.0. The van der Waals surface area contributed by atoms with E-state index in [1.54, 1.807) is 0 Å². The van der Waals surface area contributed by atoms with E-state index in [0.29, 0.717) is 6.04 Å². The van der Waals surface area contributed by atoms with E-state index in [1.807, 2.05) is 0 Å². The Morgan fingerprint density at radius 1 is 1.38 bits per heavy atom. The summed E-state index contributed by atoms with van der Waals surface area (Å²) in [5, 5.41) is 3.56. The van der Waals surface area contributed by atoms with Gasteiger partial charge in [-0.1, -0.05) is 44.0 Å². The van der Waals surface area contributed by atoms with Crippen LogP contribution in [-0.2, 0) is 6.54 Å². The van der Waals surface area contributed by atoms with Crippen molar-refractivity contribution < 1.29 is 0 Å². The molecule has 1 aromatic carbocycles. The highest BCUT2D eigenvalue weighted by molar-refractivity contribution is 5.33. The fourth-order valence-corrected chi connectivity index (χ4v) is 2.04. The summed E-state index contributed by atoms with van der Waals surface area (Å²) >= 11 is 0. The maximum Gasteiger partial charge on any atom is 0.0326 e. The Morgan fingerprint density at radius 3 is 3.08 bits per heavy atom. The highest BCUT2D eigenvalue weighted by Crippen LogP contribution is 2.28. The van der Waals surface area contributed by atoms with Crippen LogP contribution < -0.4 is 5.32 Å². The molecule has 13 heavy (non-hydrogen) atoms. The summed E-state index contributed by atoms with van der Waals surface area (Å²) < 4.78 is 0. The van der Waals surface area contributed by atoms with Crippen molar-refractivity contribution in [3.63, 3.8) is 0 Å². The molecule has 0 spiro atoms. The third-order valence-corrected chi connectivity index (χ3v) is 2.82. The molecular weight excluding hydrogens is 158 g/mol. The zero-order valence-corrected chi connectivity index (χ0v) is 8.22. The summed E-state index contributed by atoms with van der Waals surface area (Å²) in [4.78, 5) is 0. The van der Waals surface area contributed by atoms with Gasteiger partial charge in [0, 0.05) is 12.6 Å². The predicted molar refractivity (Wildman–Crippen MR) is 55.5 cm³/mol. The standard InChI is InChI=1S/C12H17N/c1-2-3-8-12-11-7-5-4-6-10(11)9-13-12/h4-7,12-13H,2-3,8-9H2,1H3. The van der Waals surface area contributed by atoms with Gasteiger partial charge < -0.3 is 5.32 Å². The predicted octanol–water partition coefficient (Wildman–Crippen LogP) is 3.02. The van der Waals surface area contributed by atoms with E-state index in [2.05, 4.69) is 36.5 Å². The molecule has 70 valence electrons. The maximum atomic E-state index is 3.56. The highest BCUT2D eigenvalue weighted by Gasteiger charge is 2.19. The van der Waals surface area contributed by atoms with Crippen LogP contribution in [0, 0.1) is 0 Å². The maximum absolute atomic E-state index is 3.56. The zero-order valence-electron chi connectivity index (χ0n) is 8.22. The van der Waals surface area contributed by atoms with Crippen molar-refractivity contribution >= 4 is 0 Å². The number of hydrogen-bond donors (Lipinski definition) is 1. The van der Waals surface area contributed by atoms with Crippen molar-refractivity contribution in [2.75, 3.05) is 0 Å². The Kier molecular flexibility index (Phi) is 2.65. The van der Waals surface area contributed by atoms with Crippen molar-refractivity contribution in [3.8, 4) is 0 Å². The van der Waals surface area contributed by atoms with Gasteiger partial charge in [-0.2, -0.15) is 0 Å². The topological polar surface area (TPSA) is 12.0 Å². The molecule has 1 aliphatic rings. The smallest absolute Gasteiger partial charge is 0.0326 e. The van der Waals surface area contributed by atoms with Crippen LogP contribution in [-0.4, -0.2) is 0 Å². The van der Waals surface area contributed by atoms with Crippen LogP contribution in [0.3, 0.4) is 0 Å². The second kappa shape index (κ2) is 3.93. The van der Waals surface area contributed by atoms with E-state index in [-0.39, 0.29) is 0 Å². The Hall–Kier alpha value is -0.820. The van der Waals surface area contributed by atoms with Crippen LogP contribution in [0.2, 0.25) is 0 Å². The van der Waals surface area contributed by atoms with Gasteiger partial charge in [0.15, 0.2) is 0 Å². The van der Waals surface area contributed by atoms with E-state index in [0.717, 1.165) is 6.54 Å². The molecule has 0 aliphatic carbocycles. The number of fused-ring (bicyclic) bond motifs is 1. The molecule has 0 bridgehead atoms. The minimum Gasteiger partial charge on any atom is -0.306 e. The van der Waals surface area contributed by atoms with Crippen LogP contribution in [0.4, 0.5) is 0 Å². The molecule has 1 N–H and O–H groups in total. The van der Waals surface area contributed by atoms with Crippen molar-refractivity contribution in [1.82, 2.24) is 5.32 Å². The van der Waals surface area contributed by atoms with E-state index in [1.165, 1.54) is 30.4 Å². The number of rotatable bonds is 3. The average Bonchev–Trinajstić information content (AvgIpc) is 2.58. The lowest BCUT2D eigenvalue weighted by molar-refractivity contribution is 0.518. The van der Waals surface area contributed by atoms with Crippen LogP contribution >= 0.6 is 0 Å². The van der Waals surface area contributed by atoms with Gasteiger partial charge in [-0.05, 0) is 17.5 Å². The first-order valence-corrected chi connectivity index (χ1v) is 5.23. The molecule has 0 aromatic heterocycles. The summed E-state index contributed by atoms with van der Waals surface area (Å²) in [7, 11) is 0. The Balaban J connectivity index is 2.09. The van der Waals surface area contributed by atoms with Crippen LogP contribution in [0.5, 0.6) is 0 Å². The third kappa shape index (κ3) is 1.75. The lowest BCUT2D eigenvalue weighted by Gasteiger charge is -2.10. The van der Waals surface area contributed by atoms with Gasteiger partial charge in [0.25, 0.3) is 0 Å². The summed E-state index contributed by atoms with van der Waals surface area (Å²) in [5.74, 6) is 0. The van der Waals surface area contributed by atoms with E-state index < -0.39 is 0 Å². The first-order chi connectivity index (χ1) is 6.42. The molecule has 0 fully saturated rings. The average molecular weight is 175 g/mol. The van der Waals surface area contributed by atoms with Crippen molar-refractivity contribution in [3.05, 3.63) is 35.4 Å². The normalized spacial score (nSPS) is 20.2. The van der Waals surface area contributed by atoms with Crippen molar-refractivity contribution in [1.29, 1.82) is 0 Å². The number of nitrogens with one attached hydrogen (secondary N) is 1. The molecule has 1 heterocycles. The van der Waals surface area contributed by atoms with E-state index in [9.17, 15) is 0 Å². The Bertz CT molecular complexity index is 280. The monoisotopic (exact) mass is 175 g/mol. The second-order valence-corrected chi connectivity index (χ2v) is 3.77. The minimum absolute atomic E-state index is 0.621. The highest BCUT2D eigenvalue weighted by atomic mass is 14.9. The lowest BCUT2D eigenvalue weighted by Crippen LogP contribution is -2.11. The summed E-state index contributed by atoms with van der Waals surface area (Å²) in [6, 6.07) is 9.38. The van der Waals surface area contributed by atoms with Crippen LogP contribution in [0.1, 0.15) is 43.4 Å². The second-order valence-electron chi connectivity index (χ2n) is 3.77. The molecule has 0 saturated carbocycles. The Morgan fingerprint density at radius 2 is 2.23 bits per heavy atom. The van der Waals surface area contributed by atoms with Gasteiger partial charge in [-0.15, -0.1) is 0 Å². The van der Waals surface area contributed by atoms with Gasteiger partial charge >= 0.3 is 0 Å². The fourth-order valence-electron chi connectivity index (χ4n) is 2.04. The zero-order chi connectivity index (χ0) is 9.10. The molecule has 1 heteroatoms. The molecule has 1 nitrogen and oxygen atoms in total.